The highest BCUT2D eigenvalue weighted by molar-refractivity contribution is 5.84. The van der Waals surface area contributed by atoms with Crippen molar-refractivity contribution >= 4 is 5.97 Å². The Kier molecular flexibility index (Phi) is 3.39. The van der Waals surface area contributed by atoms with E-state index in [1.165, 1.54) is 10.9 Å². The van der Waals surface area contributed by atoms with Crippen LogP contribution in [0.3, 0.4) is 0 Å². The van der Waals surface area contributed by atoms with E-state index >= 15 is 0 Å². The van der Waals surface area contributed by atoms with E-state index in [1.807, 2.05) is 0 Å². The van der Waals surface area contributed by atoms with Gasteiger partial charge in [0.15, 0.2) is 5.69 Å². The highest BCUT2D eigenvalue weighted by Gasteiger charge is 2.28. The van der Waals surface area contributed by atoms with E-state index in [-0.39, 0.29) is 11.2 Å². The maximum atomic E-state index is 10.6. The highest BCUT2D eigenvalue weighted by atomic mass is 16.5. The summed E-state index contributed by atoms with van der Waals surface area (Å²) in [5.74, 6) is -1.06. The van der Waals surface area contributed by atoms with Gasteiger partial charge < -0.3 is 15.2 Å². The molecule has 94 valence electrons. The first-order valence-corrected chi connectivity index (χ1v) is 5.55. The Bertz CT molecular complexity index is 398. The molecule has 1 aromatic rings. The second kappa shape index (κ2) is 4.80. The van der Waals surface area contributed by atoms with E-state index in [9.17, 15) is 4.79 Å². The molecule has 7 heteroatoms. The lowest BCUT2D eigenvalue weighted by atomic mass is 10.0. The zero-order valence-corrected chi connectivity index (χ0v) is 9.72. The van der Waals surface area contributed by atoms with Gasteiger partial charge in [-0.15, -0.1) is 5.10 Å². The van der Waals surface area contributed by atoms with Crippen molar-refractivity contribution in [1.82, 2.24) is 20.3 Å². The minimum atomic E-state index is -1.06. The quantitative estimate of drug-likeness (QED) is 0.737. The third-order valence-corrected chi connectivity index (χ3v) is 2.87. The molecule has 17 heavy (non-hydrogen) atoms. The lowest BCUT2D eigenvalue weighted by Crippen LogP contribution is -2.44. The third kappa shape index (κ3) is 3.01. The highest BCUT2D eigenvalue weighted by Crippen LogP contribution is 2.16. The van der Waals surface area contributed by atoms with Crippen LogP contribution in [0.15, 0.2) is 6.20 Å². The fraction of sp³-hybridized carbons (Fsp3) is 0.700. The molecule has 2 heterocycles. The lowest BCUT2D eigenvalue weighted by molar-refractivity contribution is 0.0690. The van der Waals surface area contributed by atoms with E-state index in [2.05, 4.69) is 22.6 Å². The summed E-state index contributed by atoms with van der Waals surface area (Å²) in [5, 5.41) is 19.4. The van der Waals surface area contributed by atoms with E-state index in [0.29, 0.717) is 19.7 Å². The van der Waals surface area contributed by atoms with Crippen molar-refractivity contribution in [3.8, 4) is 0 Å². The molecule has 0 saturated carbocycles. The number of carboxylic acids is 1. The van der Waals surface area contributed by atoms with Gasteiger partial charge in [0.05, 0.1) is 19.3 Å². The Balaban J connectivity index is 1.79. The molecule has 1 fully saturated rings. The van der Waals surface area contributed by atoms with Crippen LogP contribution in [0.1, 0.15) is 23.8 Å². The standard InChI is InChI=1S/C10H16N4O3/c1-10(2-5-17-7-10)11-3-4-14-6-8(9(15)16)12-13-14/h6,11H,2-5,7H2,1H3,(H,15,16). The van der Waals surface area contributed by atoms with Gasteiger partial charge >= 0.3 is 5.97 Å². The van der Waals surface area contributed by atoms with Crippen LogP contribution in [-0.2, 0) is 11.3 Å². The molecule has 1 aromatic heterocycles. The molecule has 1 atom stereocenters. The van der Waals surface area contributed by atoms with Crippen LogP contribution < -0.4 is 5.32 Å². The molecule has 1 aliphatic rings. The van der Waals surface area contributed by atoms with Gasteiger partial charge in [0.1, 0.15) is 0 Å². The number of aromatic carboxylic acids is 1. The van der Waals surface area contributed by atoms with Crippen LogP contribution in [0.2, 0.25) is 0 Å². The molecule has 2 rings (SSSR count). The fourth-order valence-corrected chi connectivity index (χ4v) is 1.78. The molecule has 0 spiro atoms. The normalized spacial score (nSPS) is 24.1. The first kappa shape index (κ1) is 12.0. The summed E-state index contributed by atoms with van der Waals surface area (Å²) in [5.41, 5.74) is -0.00338. The zero-order chi connectivity index (χ0) is 12.3. The Morgan fingerprint density at radius 3 is 3.18 bits per heavy atom. The van der Waals surface area contributed by atoms with Gasteiger partial charge in [-0.05, 0) is 13.3 Å². The van der Waals surface area contributed by atoms with E-state index in [4.69, 9.17) is 9.84 Å². The van der Waals surface area contributed by atoms with Crippen molar-refractivity contribution in [2.75, 3.05) is 19.8 Å². The number of ether oxygens (including phenoxy) is 1. The maximum Gasteiger partial charge on any atom is 0.358 e. The minimum absolute atomic E-state index is 0.0240. The van der Waals surface area contributed by atoms with Gasteiger partial charge in [0.2, 0.25) is 0 Å². The summed E-state index contributed by atoms with van der Waals surface area (Å²) in [7, 11) is 0. The minimum Gasteiger partial charge on any atom is -0.476 e. The molecule has 0 aromatic carbocycles. The number of rotatable bonds is 5. The largest absolute Gasteiger partial charge is 0.476 e. The lowest BCUT2D eigenvalue weighted by Gasteiger charge is -2.23. The number of aromatic nitrogens is 3. The molecular weight excluding hydrogens is 224 g/mol. The van der Waals surface area contributed by atoms with Gasteiger partial charge in [0.25, 0.3) is 0 Å². The van der Waals surface area contributed by atoms with Crippen LogP contribution in [0.25, 0.3) is 0 Å². The van der Waals surface area contributed by atoms with Crippen LogP contribution >= 0.6 is 0 Å². The zero-order valence-electron chi connectivity index (χ0n) is 9.72. The summed E-state index contributed by atoms with van der Waals surface area (Å²) in [6.45, 7) is 4.92. The maximum absolute atomic E-state index is 10.6. The van der Waals surface area contributed by atoms with Gasteiger partial charge in [-0.3, -0.25) is 4.68 Å². The van der Waals surface area contributed by atoms with Crippen molar-refractivity contribution in [2.24, 2.45) is 0 Å². The topological polar surface area (TPSA) is 89.3 Å². The SMILES string of the molecule is CC1(NCCn2cc(C(=O)O)nn2)CCOC1. The van der Waals surface area contributed by atoms with Gasteiger partial charge in [-0.25, -0.2) is 4.79 Å². The molecule has 0 amide bonds. The Morgan fingerprint density at radius 1 is 1.76 bits per heavy atom. The number of nitrogens with one attached hydrogen (secondary N) is 1. The van der Waals surface area contributed by atoms with Gasteiger partial charge in [-0.1, -0.05) is 5.21 Å². The molecule has 2 N–H and O–H groups in total. The monoisotopic (exact) mass is 240 g/mol. The first-order valence-electron chi connectivity index (χ1n) is 5.55. The average molecular weight is 240 g/mol. The number of nitrogens with zero attached hydrogens (tertiary/aromatic N) is 3. The second-order valence-electron chi connectivity index (χ2n) is 4.46. The number of carboxylic acid groups (broad SMARTS) is 1. The van der Waals surface area contributed by atoms with Crippen molar-refractivity contribution in [2.45, 2.75) is 25.4 Å². The summed E-state index contributed by atoms with van der Waals surface area (Å²) in [4.78, 5) is 10.6. The van der Waals surface area contributed by atoms with E-state index in [1.54, 1.807) is 0 Å². The first-order chi connectivity index (χ1) is 8.09. The van der Waals surface area contributed by atoms with E-state index in [0.717, 1.165) is 13.0 Å². The van der Waals surface area contributed by atoms with Crippen molar-refractivity contribution in [1.29, 1.82) is 0 Å². The van der Waals surface area contributed by atoms with Crippen LogP contribution in [0, 0.1) is 0 Å². The predicted octanol–water partition coefficient (Wildman–Crippen LogP) is -0.255. The molecule has 0 bridgehead atoms. The summed E-state index contributed by atoms with van der Waals surface area (Å²) >= 11 is 0. The van der Waals surface area contributed by atoms with Crippen LogP contribution in [0.4, 0.5) is 0 Å². The smallest absolute Gasteiger partial charge is 0.358 e. The molecule has 0 radical (unpaired) electrons. The summed E-state index contributed by atoms with van der Waals surface area (Å²) in [6.07, 6.45) is 2.42. The Morgan fingerprint density at radius 2 is 2.59 bits per heavy atom. The molecule has 0 aliphatic carbocycles. The fourth-order valence-electron chi connectivity index (χ4n) is 1.78. The Labute approximate surface area is 98.8 Å². The van der Waals surface area contributed by atoms with Crippen LogP contribution in [0.5, 0.6) is 0 Å². The van der Waals surface area contributed by atoms with Crippen LogP contribution in [-0.4, -0.2) is 51.4 Å². The Hall–Kier alpha value is -1.47. The number of hydrogen-bond donors (Lipinski definition) is 2. The van der Waals surface area contributed by atoms with Crippen molar-refractivity contribution < 1.29 is 14.6 Å². The number of hydrogen-bond acceptors (Lipinski definition) is 5. The molecule has 7 nitrogen and oxygen atoms in total. The van der Waals surface area contributed by atoms with E-state index < -0.39 is 5.97 Å². The molecule has 1 unspecified atom stereocenters. The molecular formula is C10H16N4O3. The average Bonchev–Trinajstić information content (AvgIpc) is 2.88. The van der Waals surface area contributed by atoms with Crippen molar-refractivity contribution in [3.63, 3.8) is 0 Å². The summed E-state index contributed by atoms with van der Waals surface area (Å²) in [6, 6.07) is 0. The van der Waals surface area contributed by atoms with Crippen molar-refractivity contribution in [3.05, 3.63) is 11.9 Å². The van der Waals surface area contributed by atoms with Gasteiger partial charge in [-0.2, -0.15) is 0 Å². The second-order valence-corrected chi connectivity index (χ2v) is 4.46. The summed E-state index contributed by atoms with van der Waals surface area (Å²) < 4.78 is 6.85. The third-order valence-electron chi connectivity index (χ3n) is 2.87. The molecule has 1 saturated heterocycles. The number of carbonyl (C=O) groups is 1. The molecule has 1 aliphatic heterocycles. The predicted molar refractivity (Wildman–Crippen MR) is 58.8 cm³/mol. The van der Waals surface area contributed by atoms with Gasteiger partial charge in [0, 0.05) is 18.7 Å².